The molecule has 0 saturated carbocycles. The number of carbonyl (C=O) groups excluding carboxylic acids is 1. The highest BCUT2D eigenvalue weighted by molar-refractivity contribution is 7.89. The topological polar surface area (TPSA) is 66.9 Å². The van der Waals surface area contributed by atoms with Gasteiger partial charge < -0.3 is 9.64 Å². The van der Waals surface area contributed by atoms with Crippen LogP contribution in [-0.2, 0) is 19.6 Å². The average molecular weight is 421 g/mol. The maximum Gasteiger partial charge on any atom is 0.260 e. The third-order valence-electron chi connectivity index (χ3n) is 5.32. The molecule has 1 spiro atoms. The summed E-state index contributed by atoms with van der Waals surface area (Å²) in [5, 5.41) is 0.592. The molecule has 2 aliphatic rings. The van der Waals surface area contributed by atoms with Gasteiger partial charge in [0.2, 0.25) is 10.0 Å². The van der Waals surface area contributed by atoms with Crippen LogP contribution in [0.4, 0.5) is 5.69 Å². The standard InChI is InChI=1S/C20H21ClN2O4S/c1-15-2-8-18(9-3-15)28(25,26)22-12-13-27-20(14-22)10-11-23(19(20)24)17-6-4-16(21)5-7-17/h2-9H,10-14H2,1H3. The highest BCUT2D eigenvalue weighted by atomic mass is 35.5. The van der Waals surface area contributed by atoms with Gasteiger partial charge in [-0.2, -0.15) is 4.31 Å². The summed E-state index contributed by atoms with van der Waals surface area (Å²) < 4.78 is 33.4. The first kappa shape index (κ1) is 19.4. The second-order valence-electron chi connectivity index (χ2n) is 7.18. The van der Waals surface area contributed by atoms with Crippen molar-refractivity contribution in [2.75, 3.05) is 31.1 Å². The number of sulfonamides is 1. The van der Waals surface area contributed by atoms with Crippen LogP contribution in [0, 0.1) is 6.92 Å². The van der Waals surface area contributed by atoms with E-state index in [1.54, 1.807) is 53.4 Å². The number of morpholine rings is 1. The van der Waals surface area contributed by atoms with E-state index in [1.165, 1.54) is 4.31 Å². The van der Waals surface area contributed by atoms with E-state index in [9.17, 15) is 13.2 Å². The summed E-state index contributed by atoms with van der Waals surface area (Å²) in [5.41, 5.74) is 0.575. The van der Waals surface area contributed by atoms with Crippen LogP contribution in [-0.4, -0.2) is 50.5 Å². The Balaban J connectivity index is 1.59. The van der Waals surface area contributed by atoms with Gasteiger partial charge in [-0.3, -0.25) is 4.79 Å². The number of hydrogen-bond acceptors (Lipinski definition) is 4. The van der Waals surface area contributed by atoms with Crippen LogP contribution in [0.2, 0.25) is 5.02 Å². The molecular weight excluding hydrogens is 400 g/mol. The second-order valence-corrected chi connectivity index (χ2v) is 9.55. The molecule has 2 aromatic carbocycles. The van der Waals surface area contributed by atoms with Crippen molar-refractivity contribution in [2.45, 2.75) is 23.8 Å². The minimum absolute atomic E-state index is 0.0200. The fourth-order valence-corrected chi connectivity index (χ4v) is 5.31. The van der Waals surface area contributed by atoms with Crippen LogP contribution in [0.5, 0.6) is 0 Å². The summed E-state index contributed by atoms with van der Waals surface area (Å²) in [7, 11) is -3.69. The molecule has 2 aromatic rings. The van der Waals surface area contributed by atoms with E-state index in [2.05, 4.69) is 0 Å². The van der Waals surface area contributed by atoms with E-state index >= 15 is 0 Å². The smallest absolute Gasteiger partial charge is 0.260 e. The lowest BCUT2D eigenvalue weighted by molar-refractivity contribution is -0.147. The van der Waals surface area contributed by atoms with E-state index in [0.29, 0.717) is 18.0 Å². The van der Waals surface area contributed by atoms with E-state index in [4.69, 9.17) is 16.3 Å². The van der Waals surface area contributed by atoms with Crippen molar-refractivity contribution in [1.82, 2.24) is 4.31 Å². The summed E-state index contributed by atoms with van der Waals surface area (Å²) in [6.07, 6.45) is 0.439. The molecule has 1 amide bonds. The maximum atomic E-state index is 13.2. The third-order valence-corrected chi connectivity index (χ3v) is 7.43. The molecule has 4 rings (SSSR count). The zero-order valence-corrected chi connectivity index (χ0v) is 17.0. The molecule has 2 fully saturated rings. The minimum Gasteiger partial charge on any atom is -0.362 e. The molecule has 0 radical (unpaired) electrons. The summed E-state index contributed by atoms with van der Waals surface area (Å²) in [4.78, 5) is 15.0. The lowest BCUT2D eigenvalue weighted by atomic mass is 10.0. The first-order chi connectivity index (χ1) is 13.3. The van der Waals surface area contributed by atoms with E-state index in [1.807, 2.05) is 6.92 Å². The fraction of sp³-hybridized carbons (Fsp3) is 0.350. The summed E-state index contributed by atoms with van der Waals surface area (Å²) in [5.74, 6) is -0.210. The van der Waals surface area contributed by atoms with Crippen molar-refractivity contribution >= 4 is 33.2 Å². The first-order valence-corrected chi connectivity index (χ1v) is 10.9. The molecule has 6 nitrogen and oxygen atoms in total. The number of benzene rings is 2. The van der Waals surface area contributed by atoms with Gasteiger partial charge in [-0.05, 0) is 43.3 Å². The predicted octanol–water partition coefficient (Wildman–Crippen LogP) is 2.85. The van der Waals surface area contributed by atoms with Crippen molar-refractivity contribution in [3.8, 4) is 0 Å². The van der Waals surface area contributed by atoms with Gasteiger partial charge in [-0.1, -0.05) is 29.3 Å². The summed E-state index contributed by atoms with van der Waals surface area (Å²) >= 11 is 5.93. The Morgan fingerprint density at radius 1 is 1.04 bits per heavy atom. The monoisotopic (exact) mass is 420 g/mol. The van der Waals surface area contributed by atoms with Gasteiger partial charge in [0, 0.05) is 30.2 Å². The quantitative estimate of drug-likeness (QED) is 0.765. The number of amides is 1. The van der Waals surface area contributed by atoms with Crippen molar-refractivity contribution in [1.29, 1.82) is 0 Å². The van der Waals surface area contributed by atoms with E-state index < -0.39 is 15.6 Å². The van der Waals surface area contributed by atoms with Crippen LogP contribution < -0.4 is 4.90 Å². The molecule has 1 atom stereocenters. The van der Waals surface area contributed by atoms with Gasteiger partial charge in [-0.15, -0.1) is 0 Å². The number of nitrogens with zero attached hydrogens (tertiary/aromatic N) is 2. The highest BCUT2D eigenvalue weighted by Crippen LogP contribution is 2.35. The zero-order chi connectivity index (χ0) is 19.9. The predicted molar refractivity (Wildman–Crippen MR) is 107 cm³/mol. The maximum absolute atomic E-state index is 13.2. The Morgan fingerprint density at radius 3 is 2.39 bits per heavy atom. The van der Waals surface area contributed by atoms with Gasteiger partial charge in [0.1, 0.15) is 0 Å². The SMILES string of the molecule is Cc1ccc(S(=O)(=O)N2CCOC3(CCN(c4ccc(Cl)cc4)C3=O)C2)cc1. The lowest BCUT2D eigenvalue weighted by Crippen LogP contribution is -2.57. The molecule has 2 saturated heterocycles. The van der Waals surface area contributed by atoms with Gasteiger partial charge in [-0.25, -0.2) is 8.42 Å². The molecular formula is C20H21ClN2O4S. The van der Waals surface area contributed by atoms with Crippen molar-refractivity contribution in [3.63, 3.8) is 0 Å². The number of hydrogen-bond donors (Lipinski definition) is 0. The molecule has 148 valence electrons. The van der Waals surface area contributed by atoms with Crippen LogP contribution >= 0.6 is 11.6 Å². The first-order valence-electron chi connectivity index (χ1n) is 9.10. The second kappa shape index (κ2) is 7.15. The molecule has 8 heteroatoms. The van der Waals surface area contributed by atoms with Crippen molar-refractivity contribution < 1.29 is 17.9 Å². The van der Waals surface area contributed by atoms with Crippen molar-refractivity contribution in [3.05, 3.63) is 59.1 Å². The molecule has 0 N–H and O–H groups in total. The Bertz CT molecular complexity index is 992. The number of carbonyl (C=O) groups is 1. The minimum atomic E-state index is -3.69. The number of halogens is 1. The number of anilines is 1. The Morgan fingerprint density at radius 2 is 1.71 bits per heavy atom. The number of aryl methyl sites for hydroxylation is 1. The highest BCUT2D eigenvalue weighted by Gasteiger charge is 2.52. The van der Waals surface area contributed by atoms with Gasteiger partial charge in [0.25, 0.3) is 5.91 Å². The van der Waals surface area contributed by atoms with E-state index in [0.717, 1.165) is 11.3 Å². The van der Waals surface area contributed by atoms with Gasteiger partial charge in [0.15, 0.2) is 5.60 Å². The Labute approximate surface area is 169 Å². The van der Waals surface area contributed by atoms with E-state index in [-0.39, 0.29) is 30.5 Å². The molecule has 0 aliphatic carbocycles. The Hall–Kier alpha value is -1.93. The molecule has 0 aromatic heterocycles. The largest absolute Gasteiger partial charge is 0.362 e. The van der Waals surface area contributed by atoms with Crippen molar-refractivity contribution in [2.24, 2.45) is 0 Å². The fourth-order valence-electron chi connectivity index (χ4n) is 3.71. The molecule has 28 heavy (non-hydrogen) atoms. The normalized spacial score (nSPS) is 23.5. The molecule has 1 unspecified atom stereocenters. The van der Waals surface area contributed by atoms with Gasteiger partial charge in [0.05, 0.1) is 18.0 Å². The lowest BCUT2D eigenvalue weighted by Gasteiger charge is -2.38. The van der Waals surface area contributed by atoms with Gasteiger partial charge >= 0.3 is 0 Å². The molecule has 0 bridgehead atoms. The van der Waals surface area contributed by atoms with Crippen LogP contribution in [0.1, 0.15) is 12.0 Å². The molecule has 2 heterocycles. The summed E-state index contributed by atoms with van der Waals surface area (Å²) in [6, 6.07) is 13.8. The van der Waals surface area contributed by atoms with Crippen LogP contribution in [0.15, 0.2) is 53.4 Å². The molecule has 2 aliphatic heterocycles. The van der Waals surface area contributed by atoms with Crippen LogP contribution in [0.25, 0.3) is 0 Å². The zero-order valence-electron chi connectivity index (χ0n) is 15.5. The average Bonchev–Trinajstić information content (AvgIpc) is 2.99. The van der Waals surface area contributed by atoms with Crippen LogP contribution in [0.3, 0.4) is 0 Å². The Kier molecular flexibility index (Phi) is 4.95. The number of rotatable bonds is 3. The summed E-state index contributed by atoms with van der Waals surface area (Å²) in [6.45, 7) is 2.81. The number of ether oxygens (including phenoxy) is 1. The third kappa shape index (κ3) is 3.33.